The number of nitriles is 1. The Bertz CT molecular complexity index is 315. The van der Waals surface area contributed by atoms with E-state index in [1.54, 1.807) is 13.8 Å². The first-order chi connectivity index (χ1) is 8.66. The molecular weight excluding hydrogens is 255 g/mol. The molecule has 0 aromatic carbocycles. The molecule has 18 heavy (non-hydrogen) atoms. The third-order valence-corrected chi connectivity index (χ3v) is 4.96. The van der Waals surface area contributed by atoms with Crippen molar-refractivity contribution in [1.29, 1.82) is 5.26 Å². The van der Waals surface area contributed by atoms with Gasteiger partial charge in [-0.2, -0.15) is 5.26 Å². The van der Waals surface area contributed by atoms with Crippen LogP contribution >= 0.6 is 7.60 Å². The number of hydrogen-bond acceptors (Lipinski definition) is 6. The fourth-order valence-corrected chi connectivity index (χ4v) is 3.54. The van der Waals surface area contributed by atoms with Crippen LogP contribution in [0.2, 0.25) is 0 Å². The summed E-state index contributed by atoms with van der Waals surface area (Å²) in [5.41, 5.74) is -0.740. The van der Waals surface area contributed by atoms with Crippen LogP contribution in [0.3, 0.4) is 0 Å². The normalized spacial score (nSPS) is 19.4. The Labute approximate surface area is 108 Å². The van der Waals surface area contributed by atoms with E-state index in [4.69, 9.17) is 13.8 Å². The van der Waals surface area contributed by atoms with Crippen molar-refractivity contribution in [3.05, 3.63) is 0 Å². The minimum absolute atomic E-state index is 0.276. The van der Waals surface area contributed by atoms with Gasteiger partial charge in [0.1, 0.15) is 0 Å². The van der Waals surface area contributed by atoms with Crippen molar-refractivity contribution in [3.63, 3.8) is 0 Å². The zero-order valence-corrected chi connectivity index (χ0v) is 11.9. The van der Waals surface area contributed by atoms with Crippen molar-refractivity contribution in [2.75, 3.05) is 46.1 Å². The van der Waals surface area contributed by atoms with Crippen molar-refractivity contribution in [3.8, 4) is 6.07 Å². The third kappa shape index (κ3) is 4.34. The summed E-state index contributed by atoms with van der Waals surface area (Å²) in [5, 5.41) is 9.21. The van der Waals surface area contributed by atoms with Gasteiger partial charge in [0.15, 0.2) is 5.66 Å². The van der Waals surface area contributed by atoms with Gasteiger partial charge in [0.05, 0.1) is 32.5 Å². The van der Waals surface area contributed by atoms with Gasteiger partial charge in [-0.25, -0.2) is 0 Å². The molecule has 1 saturated heterocycles. The monoisotopic (exact) mass is 276 g/mol. The van der Waals surface area contributed by atoms with Crippen molar-refractivity contribution in [2.24, 2.45) is 0 Å². The molecule has 0 aliphatic carbocycles. The number of morpholine rings is 1. The van der Waals surface area contributed by atoms with E-state index in [0.717, 1.165) is 13.1 Å². The fraction of sp³-hybridized carbons (Fsp3) is 0.909. The highest BCUT2D eigenvalue weighted by atomic mass is 31.2. The second-order valence-electron chi connectivity index (χ2n) is 3.93. The number of ether oxygens (including phenoxy) is 1. The van der Waals surface area contributed by atoms with Crippen LogP contribution in [-0.4, -0.2) is 56.6 Å². The van der Waals surface area contributed by atoms with Gasteiger partial charge in [-0.05, 0) is 13.8 Å². The molecule has 1 aliphatic heterocycles. The maximum absolute atomic E-state index is 12.5. The summed E-state index contributed by atoms with van der Waals surface area (Å²) in [6, 6.07) is 2.06. The Morgan fingerprint density at radius 1 is 1.33 bits per heavy atom. The summed E-state index contributed by atoms with van der Waals surface area (Å²) in [6.07, 6.45) is 0. The van der Waals surface area contributed by atoms with Gasteiger partial charge < -0.3 is 13.8 Å². The van der Waals surface area contributed by atoms with Crippen LogP contribution in [0.5, 0.6) is 0 Å². The van der Waals surface area contributed by atoms with Gasteiger partial charge in [-0.1, -0.05) is 0 Å². The molecule has 0 aromatic rings. The molecule has 1 rings (SSSR count). The SMILES string of the molecule is CCOP(=O)(OCC)C(C#N)CN1CCOCC1. The Morgan fingerprint density at radius 2 is 1.89 bits per heavy atom. The van der Waals surface area contributed by atoms with E-state index in [1.165, 1.54) is 0 Å². The molecule has 1 aliphatic rings. The maximum atomic E-state index is 12.5. The van der Waals surface area contributed by atoms with Gasteiger partial charge in [-0.3, -0.25) is 9.46 Å². The van der Waals surface area contributed by atoms with Gasteiger partial charge in [0.2, 0.25) is 0 Å². The predicted octanol–water partition coefficient (Wildman–Crippen LogP) is 1.48. The first-order valence-corrected chi connectivity index (χ1v) is 7.86. The molecule has 1 atom stereocenters. The van der Waals surface area contributed by atoms with Crippen molar-refractivity contribution in [1.82, 2.24) is 4.90 Å². The smallest absolute Gasteiger partial charge is 0.349 e. The molecule has 1 unspecified atom stereocenters. The summed E-state index contributed by atoms with van der Waals surface area (Å²) < 4.78 is 28.2. The van der Waals surface area contributed by atoms with Crippen LogP contribution in [0.15, 0.2) is 0 Å². The van der Waals surface area contributed by atoms with Crippen LogP contribution in [0.1, 0.15) is 13.8 Å². The largest absolute Gasteiger partial charge is 0.379 e. The van der Waals surface area contributed by atoms with Crippen LogP contribution in [0, 0.1) is 11.3 Å². The highest BCUT2D eigenvalue weighted by Crippen LogP contribution is 2.52. The number of hydrogen-bond donors (Lipinski definition) is 0. The highest BCUT2D eigenvalue weighted by Gasteiger charge is 2.37. The second kappa shape index (κ2) is 7.88. The zero-order chi connectivity index (χ0) is 13.4. The van der Waals surface area contributed by atoms with Gasteiger partial charge in [0, 0.05) is 19.6 Å². The quantitative estimate of drug-likeness (QED) is 0.656. The molecule has 0 amide bonds. The molecule has 0 spiro atoms. The standard InChI is InChI=1S/C11H21N2O4P/c1-3-16-18(14,17-4-2)11(9-12)10-13-5-7-15-8-6-13/h11H,3-8,10H2,1-2H3. The second-order valence-corrected chi connectivity index (χ2v) is 6.15. The van der Waals surface area contributed by atoms with Gasteiger partial charge in [-0.15, -0.1) is 0 Å². The minimum atomic E-state index is -3.34. The van der Waals surface area contributed by atoms with E-state index in [2.05, 4.69) is 11.0 Å². The summed E-state index contributed by atoms with van der Waals surface area (Å²) in [6.45, 7) is 7.22. The van der Waals surface area contributed by atoms with E-state index >= 15 is 0 Å². The lowest BCUT2D eigenvalue weighted by Gasteiger charge is -2.30. The van der Waals surface area contributed by atoms with Crippen molar-refractivity contribution >= 4 is 7.60 Å². The molecule has 1 heterocycles. The molecule has 0 N–H and O–H groups in total. The summed E-state index contributed by atoms with van der Waals surface area (Å²) in [5.74, 6) is 0. The topological polar surface area (TPSA) is 71.8 Å². The van der Waals surface area contributed by atoms with Crippen LogP contribution < -0.4 is 0 Å². The lowest BCUT2D eigenvalue weighted by atomic mass is 10.3. The first kappa shape index (κ1) is 15.6. The van der Waals surface area contributed by atoms with Crippen molar-refractivity contribution < 1.29 is 18.3 Å². The first-order valence-electron chi connectivity index (χ1n) is 6.24. The van der Waals surface area contributed by atoms with Crippen molar-refractivity contribution in [2.45, 2.75) is 19.5 Å². The Balaban J connectivity index is 2.66. The molecule has 104 valence electrons. The zero-order valence-electron chi connectivity index (χ0n) is 11.0. The van der Waals surface area contributed by atoms with Crippen LogP contribution in [-0.2, 0) is 18.3 Å². The van der Waals surface area contributed by atoms with E-state index in [0.29, 0.717) is 19.8 Å². The Hall–Kier alpha value is -0.440. The molecule has 0 bridgehead atoms. The molecule has 1 fully saturated rings. The van der Waals surface area contributed by atoms with E-state index in [9.17, 15) is 9.83 Å². The minimum Gasteiger partial charge on any atom is -0.379 e. The summed E-state index contributed by atoms with van der Waals surface area (Å²) in [7, 11) is -3.34. The lowest BCUT2D eigenvalue weighted by molar-refractivity contribution is 0.0380. The number of rotatable bonds is 7. The van der Waals surface area contributed by atoms with E-state index in [-0.39, 0.29) is 13.2 Å². The lowest BCUT2D eigenvalue weighted by Crippen LogP contribution is -2.40. The number of nitrogens with zero attached hydrogens (tertiary/aromatic N) is 2. The Kier molecular flexibility index (Phi) is 6.83. The molecule has 0 saturated carbocycles. The molecule has 0 radical (unpaired) electrons. The average Bonchev–Trinajstić information content (AvgIpc) is 2.37. The van der Waals surface area contributed by atoms with E-state index < -0.39 is 13.3 Å². The van der Waals surface area contributed by atoms with Crippen LogP contribution in [0.25, 0.3) is 0 Å². The third-order valence-electron chi connectivity index (χ3n) is 2.68. The highest BCUT2D eigenvalue weighted by molar-refractivity contribution is 7.55. The Morgan fingerprint density at radius 3 is 2.33 bits per heavy atom. The fourth-order valence-electron chi connectivity index (χ4n) is 1.82. The molecule has 6 nitrogen and oxygen atoms in total. The predicted molar refractivity (Wildman–Crippen MR) is 67.5 cm³/mol. The van der Waals surface area contributed by atoms with Gasteiger partial charge in [0.25, 0.3) is 0 Å². The summed E-state index contributed by atoms with van der Waals surface area (Å²) >= 11 is 0. The van der Waals surface area contributed by atoms with Gasteiger partial charge >= 0.3 is 7.60 Å². The molecule has 7 heteroatoms. The van der Waals surface area contributed by atoms with E-state index in [1.807, 2.05) is 0 Å². The summed E-state index contributed by atoms with van der Waals surface area (Å²) in [4.78, 5) is 2.06. The van der Waals surface area contributed by atoms with Crippen LogP contribution in [0.4, 0.5) is 0 Å². The maximum Gasteiger partial charge on any atom is 0.349 e. The molecule has 0 aromatic heterocycles. The average molecular weight is 276 g/mol. The molecular formula is C11H21N2O4P.